The summed E-state index contributed by atoms with van der Waals surface area (Å²) in [5.41, 5.74) is 4.29. The van der Waals surface area contributed by atoms with E-state index in [1.54, 1.807) is 0 Å². The molecule has 0 bridgehead atoms. The molecule has 1 aliphatic heterocycles. The SMILES string of the molecule is CC1(C)OCC(COCc2ccccc2)(COc2ccc(-c3ccc(CCCO)cc3)cc2)CO1. The molecular weight excluding hydrogens is 440 g/mol. The van der Waals surface area contributed by atoms with Crippen LogP contribution in [-0.2, 0) is 27.2 Å². The van der Waals surface area contributed by atoms with Crippen molar-refractivity contribution in [2.24, 2.45) is 5.41 Å². The Hall–Kier alpha value is -2.70. The van der Waals surface area contributed by atoms with Crippen molar-refractivity contribution in [3.63, 3.8) is 0 Å². The van der Waals surface area contributed by atoms with Gasteiger partial charge < -0.3 is 24.1 Å². The van der Waals surface area contributed by atoms with E-state index in [1.807, 2.05) is 44.2 Å². The van der Waals surface area contributed by atoms with Crippen molar-refractivity contribution in [2.45, 2.75) is 39.1 Å². The molecule has 4 rings (SSSR count). The molecule has 3 aromatic carbocycles. The molecule has 3 aromatic rings. The van der Waals surface area contributed by atoms with Crippen LogP contribution in [0.15, 0.2) is 78.9 Å². The van der Waals surface area contributed by atoms with Crippen molar-refractivity contribution < 1.29 is 24.1 Å². The minimum Gasteiger partial charge on any atom is -0.493 e. The zero-order valence-electron chi connectivity index (χ0n) is 20.7. The molecule has 0 unspecified atom stereocenters. The molecule has 35 heavy (non-hydrogen) atoms. The number of rotatable bonds is 11. The van der Waals surface area contributed by atoms with Crippen molar-refractivity contribution >= 4 is 0 Å². The van der Waals surface area contributed by atoms with Gasteiger partial charge in [0.15, 0.2) is 5.79 Å². The smallest absolute Gasteiger partial charge is 0.162 e. The van der Waals surface area contributed by atoms with Gasteiger partial charge in [0.2, 0.25) is 0 Å². The maximum absolute atomic E-state index is 9.01. The molecule has 0 radical (unpaired) electrons. The molecule has 1 aliphatic rings. The zero-order valence-corrected chi connectivity index (χ0v) is 20.7. The summed E-state index contributed by atoms with van der Waals surface area (Å²) in [4.78, 5) is 0. The lowest BCUT2D eigenvalue weighted by Crippen LogP contribution is -2.51. The third-order valence-corrected chi connectivity index (χ3v) is 6.28. The Morgan fingerprint density at radius 2 is 1.40 bits per heavy atom. The van der Waals surface area contributed by atoms with E-state index in [0.717, 1.165) is 35.3 Å². The van der Waals surface area contributed by atoms with E-state index in [4.69, 9.17) is 24.1 Å². The van der Waals surface area contributed by atoms with E-state index in [0.29, 0.717) is 33.0 Å². The van der Waals surface area contributed by atoms with Gasteiger partial charge in [0.1, 0.15) is 12.4 Å². The summed E-state index contributed by atoms with van der Waals surface area (Å²) >= 11 is 0. The summed E-state index contributed by atoms with van der Waals surface area (Å²) in [6.07, 6.45) is 1.68. The van der Waals surface area contributed by atoms with Gasteiger partial charge in [-0.05, 0) is 61.1 Å². The van der Waals surface area contributed by atoms with Gasteiger partial charge in [0.05, 0.1) is 31.8 Å². The highest BCUT2D eigenvalue weighted by Crippen LogP contribution is 2.32. The average molecular weight is 477 g/mol. The molecular formula is C30H36O5. The van der Waals surface area contributed by atoms with Gasteiger partial charge in [-0.15, -0.1) is 0 Å². The van der Waals surface area contributed by atoms with Crippen LogP contribution in [0.4, 0.5) is 0 Å². The van der Waals surface area contributed by atoms with Crippen LogP contribution >= 0.6 is 0 Å². The predicted octanol–water partition coefficient (Wildman–Crippen LogP) is 5.64. The first kappa shape index (κ1) is 25.4. The molecule has 1 heterocycles. The van der Waals surface area contributed by atoms with Gasteiger partial charge in [-0.2, -0.15) is 0 Å². The maximum Gasteiger partial charge on any atom is 0.162 e. The molecule has 0 saturated carbocycles. The number of hydrogen-bond acceptors (Lipinski definition) is 5. The number of benzene rings is 3. The zero-order chi connectivity index (χ0) is 24.6. The fourth-order valence-electron chi connectivity index (χ4n) is 4.03. The molecule has 1 N–H and O–H groups in total. The van der Waals surface area contributed by atoms with Crippen molar-refractivity contribution in [1.82, 2.24) is 0 Å². The Bertz CT molecular complexity index is 1020. The minimum atomic E-state index is -0.599. The molecule has 0 aliphatic carbocycles. The van der Waals surface area contributed by atoms with Gasteiger partial charge in [0, 0.05) is 6.61 Å². The second-order valence-corrected chi connectivity index (χ2v) is 9.79. The third-order valence-electron chi connectivity index (χ3n) is 6.28. The van der Waals surface area contributed by atoms with Crippen LogP contribution in [0.2, 0.25) is 0 Å². The lowest BCUT2D eigenvalue weighted by Gasteiger charge is -2.42. The van der Waals surface area contributed by atoms with E-state index in [2.05, 4.69) is 48.5 Å². The van der Waals surface area contributed by atoms with Crippen LogP contribution in [0, 0.1) is 5.41 Å². The van der Waals surface area contributed by atoms with Crippen LogP contribution in [0.5, 0.6) is 5.75 Å². The van der Waals surface area contributed by atoms with Gasteiger partial charge in [-0.1, -0.05) is 66.7 Å². The average Bonchev–Trinajstić information content (AvgIpc) is 2.89. The molecule has 0 spiro atoms. The largest absolute Gasteiger partial charge is 0.493 e. The molecule has 5 nitrogen and oxygen atoms in total. The Kier molecular flexibility index (Phi) is 8.58. The van der Waals surface area contributed by atoms with Crippen LogP contribution in [0.3, 0.4) is 0 Å². The summed E-state index contributed by atoms with van der Waals surface area (Å²) in [6.45, 7) is 6.57. The summed E-state index contributed by atoms with van der Waals surface area (Å²) in [5, 5.41) is 9.01. The van der Waals surface area contributed by atoms with Crippen LogP contribution in [0.1, 0.15) is 31.4 Å². The molecule has 186 valence electrons. The first-order chi connectivity index (χ1) is 17.0. The number of ether oxygens (including phenoxy) is 4. The Morgan fingerprint density at radius 3 is 2.03 bits per heavy atom. The summed E-state index contributed by atoms with van der Waals surface area (Å²) < 4.78 is 24.3. The highest BCUT2D eigenvalue weighted by molar-refractivity contribution is 5.64. The quantitative estimate of drug-likeness (QED) is 0.388. The van der Waals surface area contributed by atoms with E-state index < -0.39 is 5.79 Å². The minimum absolute atomic E-state index is 0.222. The van der Waals surface area contributed by atoms with Gasteiger partial charge in [-0.25, -0.2) is 0 Å². The van der Waals surface area contributed by atoms with Crippen LogP contribution in [0.25, 0.3) is 11.1 Å². The first-order valence-corrected chi connectivity index (χ1v) is 12.3. The van der Waals surface area contributed by atoms with E-state index in [1.165, 1.54) is 5.56 Å². The van der Waals surface area contributed by atoms with Gasteiger partial charge in [-0.3, -0.25) is 0 Å². The molecule has 0 amide bonds. The predicted molar refractivity (Wildman–Crippen MR) is 137 cm³/mol. The highest BCUT2D eigenvalue weighted by atomic mass is 16.7. The lowest BCUT2D eigenvalue weighted by atomic mass is 9.91. The van der Waals surface area contributed by atoms with Crippen molar-refractivity contribution in [3.05, 3.63) is 90.0 Å². The van der Waals surface area contributed by atoms with E-state index >= 15 is 0 Å². The van der Waals surface area contributed by atoms with Crippen molar-refractivity contribution in [3.8, 4) is 16.9 Å². The normalized spacial score (nSPS) is 16.7. The summed E-state index contributed by atoms with van der Waals surface area (Å²) in [7, 11) is 0. The second kappa shape index (κ2) is 11.8. The summed E-state index contributed by atoms with van der Waals surface area (Å²) in [5.74, 6) is 0.207. The number of aryl methyl sites for hydroxylation is 1. The molecule has 0 aromatic heterocycles. The topological polar surface area (TPSA) is 57.2 Å². The van der Waals surface area contributed by atoms with Gasteiger partial charge >= 0.3 is 0 Å². The first-order valence-electron chi connectivity index (χ1n) is 12.3. The monoisotopic (exact) mass is 476 g/mol. The van der Waals surface area contributed by atoms with E-state index in [9.17, 15) is 0 Å². The van der Waals surface area contributed by atoms with E-state index in [-0.39, 0.29) is 12.0 Å². The highest BCUT2D eigenvalue weighted by Gasteiger charge is 2.41. The van der Waals surface area contributed by atoms with Crippen LogP contribution in [-0.4, -0.2) is 43.9 Å². The van der Waals surface area contributed by atoms with Crippen LogP contribution < -0.4 is 4.74 Å². The lowest BCUT2D eigenvalue weighted by molar-refractivity contribution is -0.296. The Labute approximate surface area is 208 Å². The molecule has 0 atom stereocenters. The van der Waals surface area contributed by atoms with Crippen molar-refractivity contribution in [2.75, 3.05) is 33.0 Å². The second-order valence-electron chi connectivity index (χ2n) is 9.79. The summed E-state index contributed by atoms with van der Waals surface area (Å²) in [6, 6.07) is 26.8. The Morgan fingerprint density at radius 1 is 0.771 bits per heavy atom. The molecule has 5 heteroatoms. The number of hydrogen-bond donors (Lipinski definition) is 1. The third kappa shape index (κ3) is 7.39. The Balaban J connectivity index is 1.36. The fourth-order valence-corrected chi connectivity index (χ4v) is 4.03. The molecule has 1 fully saturated rings. The van der Waals surface area contributed by atoms with Crippen molar-refractivity contribution in [1.29, 1.82) is 0 Å². The molecule has 1 saturated heterocycles. The standard InChI is InChI=1S/C30H36O5/c1-29(2)34-22-30(23-35-29,20-32-19-25-7-4-3-5-8-25)21-33-28-16-14-27(15-17-28)26-12-10-24(11-13-26)9-6-18-31/h3-5,7-8,10-17,31H,6,9,18-23H2,1-2H3. The number of aliphatic hydroxyl groups is 1. The van der Waals surface area contributed by atoms with Gasteiger partial charge in [0.25, 0.3) is 0 Å². The number of aliphatic hydroxyl groups excluding tert-OH is 1. The maximum atomic E-state index is 9.01. The fraction of sp³-hybridized carbons (Fsp3) is 0.400.